The molecule has 0 aliphatic heterocycles. The Morgan fingerprint density at radius 2 is 1.95 bits per heavy atom. The molecule has 2 aromatic rings. The molecule has 1 atom stereocenters. The number of aliphatic carboxylic acids is 1. The molecule has 1 aromatic carbocycles. The van der Waals surface area contributed by atoms with E-state index < -0.39 is 23.8 Å². The van der Waals surface area contributed by atoms with Crippen LogP contribution in [0.15, 0.2) is 42.7 Å². The molecule has 0 saturated carbocycles. The number of nitrogens with zero attached hydrogens (tertiary/aromatic N) is 1. The maximum atomic E-state index is 12.7. The number of aliphatic hydroxyl groups excluding tert-OH is 1. The number of carboxylic acid groups (broad SMARTS) is 1. The van der Waals surface area contributed by atoms with E-state index in [9.17, 15) is 23.1 Å². The number of carbonyl (C=O) groups is 1. The van der Waals surface area contributed by atoms with Crippen molar-refractivity contribution in [3.8, 4) is 11.1 Å². The van der Waals surface area contributed by atoms with Gasteiger partial charge in [-0.05, 0) is 23.8 Å². The number of aromatic nitrogens is 1. The van der Waals surface area contributed by atoms with Crippen LogP contribution in [0.1, 0.15) is 17.2 Å². The largest absolute Gasteiger partial charge is 0.479 e. The minimum Gasteiger partial charge on any atom is -0.479 e. The number of alkyl halides is 3. The lowest BCUT2D eigenvalue weighted by Gasteiger charge is -2.15. The van der Waals surface area contributed by atoms with Crippen molar-refractivity contribution in [2.75, 3.05) is 0 Å². The van der Waals surface area contributed by atoms with Crippen LogP contribution in [-0.4, -0.2) is 21.2 Å². The summed E-state index contributed by atoms with van der Waals surface area (Å²) in [5.74, 6) is -1.63. The van der Waals surface area contributed by atoms with Crippen LogP contribution < -0.4 is 0 Å². The third kappa shape index (κ3) is 3.19. The van der Waals surface area contributed by atoms with Crippen LogP contribution >= 0.6 is 0 Å². The molecule has 0 fully saturated rings. The van der Waals surface area contributed by atoms with E-state index in [-0.39, 0.29) is 11.1 Å². The fraction of sp³-hybridized carbons (Fsp3) is 0.143. The monoisotopic (exact) mass is 297 g/mol. The predicted molar refractivity (Wildman–Crippen MR) is 67.3 cm³/mol. The fourth-order valence-corrected chi connectivity index (χ4v) is 1.88. The topological polar surface area (TPSA) is 70.4 Å². The highest BCUT2D eigenvalue weighted by Gasteiger charge is 2.32. The molecule has 0 spiro atoms. The highest BCUT2D eigenvalue weighted by molar-refractivity contribution is 5.79. The fourth-order valence-electron chi connectivity index (χ4n) is 1.88. The van der Waals surface area contributed by atoms with E-state index in [1.54, 1.807) is 12.1 Å². The van der Waals surface area contributed by atoms with Gasteiger partial charge in [-0.15, -0.1) is 0 Å². The summed E-state index contributed by atoms with van der Waals surface area (Å²) in [5.41, 5.74) is -0.747. The Kier molecular flexibility index (Phi) is 3.95. The van der Waals surface area contributed by atoms with Crippen LogP contribution in [0.3, 0.4) is 0 Å². The first-order chi connectivity index (χ1) is 9.80. The summed E-state index contributed by atoms with van der Waals surface area (Å²) in [7, 11) is 0. The molecule has 21 heavy (non-hydrogen) atoms. The normalized spacial score (nSPS) is 13.0. The predicted octanol–water partition coefficient (Wildman–Crippen LogP) is 2.89. The molecule has 0 amide bonds. The van der Waals surface area contributed by atoms with Crippen molar-refractivity contribution in [3.63, 3.8) is 0 Å². The average molecular weight is 297 g/mol. The van der Waals surface area contributed by atoms with Gasteiger partial charge in [0.05, 0.1) is 5.56 Å². The molecule has 7 heteroatoms. The molecule has 0 bridgehead atoms. The SMILES string of the molecule is O=C(O)C(O)c1cc(C(F)(F)F)ccc1-c1cccnc1. The van der Waals surface area contributed by atoms with Gasteiger partial charge in [-0.2, -0.15) is 13.2 Å². The molecule has 2 rings (SSSR count). The number of halogens is 3. The zero-order valence-corrected chi connectivity index (χ0v) is 10.5. The second-order valence-electron chi connectivity index (χ2n) is 4.28. The molecule has 110 valence electrons. The van der Waals surface area contributed by atoms with Crippen molar-refractivity contribution in [1.82, 2.24) is 4.98 Å². The molecular weight excluding hydrogens is 287 g/mol. The minimum absolute atomic E-state index is 0.186. The summed E-state index contributed by atoms with van der Waals surface area (Å²) in [6.45, 7) is 0. The zero-order valence-electron chi connectivity index (χ0n) is 10.5. The molecule has 0 radical (unpaired) electrons. The average Bonchev–Trinajstić information content (AvgIpc) is 2.45. The third-order valence-electron chi connectivity index (χ3n) is 2.88. The summed E-state index contributed by atoms with van der Waals surface area (Å²) in [6.07, 6.45) is -3.83. The number of benzene rings is 1. The van der Waals surface area contributed by atoms with Gasteiger partial charge in [0.25, 0.3) is 0 Å². The Bertz CT molecular complexity index is 656. The quantitative estimate of drug-likeness (QED) is 0.914. The lowest BCUT2D eigenvalue weighted by molar-refractivity contribution is -0.147. The second-order valence-corrected chi connectivity index (χ2v) is 4.28. The van der Waals surface area contributed by atoms with E-state index >= 15 is 0 Å². The number of aliphatic hydroxyl groups is 1. The van der Waals surface area contributed by atoms with E-state index in [4.69, 9.17) is 5.11 Å². The van der Waals surface area contributed by atoms with Crippen molar-refractivity contribution >= 4 is 5.97 Å². The van der Waals surface area contributed by atoms with Gasteiger partial charge < -0.3 is 10.2 Å². The number of carboxylic acids is 1. The van der Waals surface area contributed by atoms with E-state index in [0.29, 0.717) is 11.6 Å². The number of hydrogen-bond donors (Lipinski definition) is 2. The summed E-state index contributed by atoms with van der Waals surface area (Å²) < 4.78 is 38.2. The zero-order chi connectivity index (χ0) is 15.6. The molecule has 4 nitrogen and oxygen atoms in total. The Morgan fingerprint density at radius 3 is 2.48 bits per heavy atom. The molecule has 0 saturated heterocycles. The molecule has 1 unspecified atom stereocenters. The van der Waals surface area contributed by atoms with Crippen molar-refractivity contribution in [1.29, 1.82) is 0 Å². The molecular formula is C14H10F3NO3. The second kappa shape index (κ2) is 5.53. The van der Waals surface area contributed by atoms with E-state index in [1.807, 2.05) is 0 Å². The van der Waals surface area contributed by atoms with Crippen LogP contribution in [0.4, 0.5) is 13.2 Å². The van der Waals surface area contributed by atoms with Crippen LogP contribution in [0, 0.1) is 0 Å². The van der Waals surface area contributed by atoms with Gasteiger partial charge in [0.1, 0.15) is 0 Å². The van der Waals surface area contributed by atoms with Crippen LogP contribution in [-0.2, 0) is 11.0 Å². The van der Waals surface area contributed by atoms with E-state index in [1.165, 1.54) is 12.4 Å². The first-order valence-electron chi connectivity index (χ1n) is 5.83. The summed E-state index contributed by atoms with van der Waals surface area (Å²) in [6, 6.07) is 5.72. The van der Waals surface area contributed by atoms with Crippen molar-refractivity contribution in [2.24, 2.45) is 0 Å². The maximum absolute atomic E-state index is 12.7. The molecule has 0 aliphatic rings. The first kappa shape index (κ1) is 15.0. The molecule has 2 N–H and O–H groups in total. The number of rotatable bonds is 3. The Balaban J connectivity index is 2.63. The summed E-state index contributed by atoms with van der Waals surface area (Å²) in [4.78, 5) is 14.7. The van der Waals surface area contributed by atoms with Crippen LogP contribution in [0.2, 0.25) is 0 Å². The smallest absolute Gasteiger partial charge is 0.416 e. The minimum atomic E-state index is -4.62. The van der Waals surface area contributed by atoms with E-state index in [2.05, 4.69) is 4.98 Å². The Labute approximate surface area is 117 Å². The summed E-state index contributed by atoms with van der Waals surface area (Å²) >= 11 is 0. The van der Waals surface area contributed by atoms with Crippen molar-refractivity contribution < 1.29 is 28.2 Å². The number of pyridine rings is 1. The van der Waals surface area contributed by atoms with Crippen LogP contribution in [0.25, 0.3) is 11.1 Å². The third-order valence-corrected chi connectivity index (χ3v) is 2.88. The lowest BCUT2D eigenvalue weighted by Crippen LogP contribution is -2.14. The Morgan fingerprint density at radius 1 is 1.24 bits per heavy atom. The molecule has 0 aliphatic carbocycles. The van der Waals surface area contributed by atoms with Gasteiger partial charge in [-0.1, -0.05) is 12.1 Å². The van der Waals surface area contributed by atoms with Crippen molar-refractivity contribution in [3.05, 3.63) is 53.9 Å². The van der Waals surface area contributed by atoms with Gasteiger partial charge in [-0.3, -0.25) is 4.98 Å². The first-order valence-corrected chi connectivity index (χ1v) is 5.83. The molecule has 1 aromatic heterocycles. The molecule has 1 heterocycles. The standard InChI is InChI=1S/C14H10F3NO3/c15-14(16,17)9-3-4-10(8-2-1-5-18-7-8)11(6-9)12(19)13(20)21/h1-7,12,19H,(H,20,21). The number of hydrogen-bond acceptors (Lipinski definition) is 3. The maximum Gasteiger partial charge on any atom is 0.416 e. The Hall–Kier alpha value is -2.41. The van der Waals surface area contributed by atoms with Gasteiger partial charge in [0.15, 0.2) is 6.10 Å². The van der Waals surface area contributed by atoms with Gasteiger partial charge in [0.2, 0.25) is 0 Å². The van der Waals surface area contributed by atoms with Gasteiger partial charge in [0, 0.05) is 23.5 Å². The summed E-state index contributed by atoms with van der Waals surface area (Å²) in [5, 5.41) is 18.5. The van der Waals surface area contributed by atoms with Gasteiger partial charge >= 0.3 is 12.1 Å². The lowest BCUT2D eigenvalue weighted by atomic mass is 9.95. The van der Waals surface area contributed by atoms with E-state index in [0.717, 1.165) is 12.1 Å². The highest BCUT2D eigenvalue weighted by Crippen LogP contribution is 2.35. The van der Waals surface area contributed by atoms with Gasteiger partial charge in [-0.25, -0.2) is 4.79 Å². The highest BCUT2D eigenvalue weighted by atomic mass is 19.4. The van der Waals surface area contributed by atoms with Crippen molar-refractivity contribution in [2.45, 2.75) is 12.3 Å². The van der Waals surface area contributed by atoms with Crippen LogP contribution in [0.5, 0.6) is 0 Å².